The number of methoxy groups -OCH3 is 3. The SMILES string of the molecule is COC(=O)C1=CC(=O)C(OC)(OC)[C@@H]2CC=C[C@H](OC(C)=O)[C@H]12. The Labute approximate surface area is 134 Å². The quantitative estimate of drug-likeness (QED) is 0.429. The minimum Gasteiger partial charge on any atom is -0.466 e. The van der Waals surface area contributed by atoms with Gasteiger partial charge in [-0.25, -0.2) is 4.79 Å². The first kappa shape index (κ1) is 17.4. The first-order chi connectivity index (χ1) is 10.9. The van der Waals surface area contributed by atoms with E-state index in [1.165, 1.54) is 28.3 Å². The zero-order valence-electron chi connectivity index (χ0n) is 13.5. The van der Waals surface area contributed by atoms with Crippen LogP contribution in [-0.2, 0) is 33.3 Å². The van der Waals surface area contributed by atoms with E-state index in [1.54, 1.807) is 12.2 Å². The molecular weight excluding hydrogens is 304 g/mol. The average molecular weight is 324 g/mol. The fourth-order valence-electron chi connectivity index (χ4n) is 3.36. The molecule has 23 heavy (non-hydrogen) atoms. The highest BCUT2D eigenvalue weighted by Gasteiger charge is 2.57. The third-order valence-corrected chi connectivity index (χ3v) is 4.31. The summed E-state index contributed by atoms with van der Waals surface area (Å²) in [6.45, 7) is 1.28. The zero-order valence-corrected chi connectivity index (χ0v) is 13.5. The molecule has 0 spiro atoms. The molecule has 0 fully saturated rings. The largest absolute Gasteiger partial charge is 0.466 e. The fourth-order valence-corrected chi connectivity index (χ4v) is 3.36. The topological polar surface area (TPSA) is 88.1 Å². The van der Waals surface area contributed by atoms with Crippen LogP contribution in [0.5, 0.6) is 0 Å². The van der Waals surface area contributed by atoms with Crippen LogP contribution >= 0.6 is 0 Å². The van der Waals surface area contributed by atoms with E-state index in [0.717, 1.165) is 6.08 Å². The maximum Gasteiger partial charge on any atom is 0.334 e. The number of rotatable bonds is 4. The van der Waals surface area contributed by atoms with E-state index in [1.807, 2.05) is 0 Å². The van der Waals surface area contributed by atoms with Crippen molar-refractivity contribution in [2.45, 2.75) is 25.2 Å². The number of carbonyl (C=O) groups excluding carboxylic acids is 3. The number of carbonyl (C=O) groups is 3. The highest BCUT2D eigenvalue weighted by molar-refractivity contribution is 6.05. The highest BCUT2D eigenvalue weighted by atomic mass is 16.7. The van der Waals surface area contributed by atoms with E-state index >= 15 is 0 Å². The lowest BCUT2D eigenvalue weighted by Gasteiger charge is -2.46. The Hall–Kier alpha value is -1.99. The van der Waals surface area contributed by atoms with Crippen molar-refractivity contribution in [1.29, 1.82) is 0 Å². The second-order valence-electron chi connectivity index (χ2n) is 5.40. The number of allylic oxidation sites excluding steroid dienone is 1. The van der Waals surface area contributed by atoms with Gasteiger partial charge in [0.25, 0.3) is 0 Å². The van der Waals surface area contributed by atoms with Crippen LogP contribution in [0.1, 0.15) is 13.3 Å². The highest BCUT2D eigenvalue weighted by Crippen LogP contribution is 2.46. The molecule has 0 radical (unpaired) electrons. The second-order valence-corrected chi connectivity index (χ2v) is 5.40. The molecule has 7 nitrogen and oxygen atoms in total. The minimum atomic E-state index is -1.52. The van der Waals surface area contributed by atoms with Crippen LogP contribution < -0.4 is 0 Å². The van der Waals surface area contributed by atoms with Crippen LogP contribution in [0.15, 0.2) is 23.8 Å². The number of hydrogen-bond acceptors (Lipinski definition) is 7. The van der Waals surface area contributed by atoms with E-state index in [4.69, 9.17) is 18.9 Å². The van der Waals surface area contributed by atoms with Crippen molar-refractivity contribution in [3.8, 4) is 0 Å². The maximum absolute atomic E-state index is 12.5. The fraction of sp³-hybridized carbons (Fsp3) is 0.562. The Balaban J connectivity index is 2.56. The molecule has 0 bridgehead atoms. The predicted octanol–water partition coefficient (Wildman–Crippen LogP) is 0.782. The summed E-state index contributed by atoms with van der Waals surface area (Å²) in [5, 5.41) is 0. The Morgan fingerprint density at radius 2 is 1.87 bits per heavy atom. The lowest BCUT2D eigenvalue weighted by Crippen LogP contribution is -2.58. The standard InChI is InChI=1S/C16H20O7/c1-9(17)23-12-7-5-6-11-14(12)10(15(19)20-2)8-13(18)16(11,21-3)22-4/h5,7-8,11-12,14H,6H2,1-4H3/t11-,12+,14-/m1/s1. The van der Waals surface area contributed by atoms with Gasteiger partial charge in [-0.3, -0.25) is 9.59 Å². The summed E-state index contributed by atoms with van der Waals surface area (Å²) < 4.78 is 20.8. The monoisotopic (exact) mass is 324 g/mol. The molecule has 0 aliphatic heterocycles. The van der Waals surface area contributed by atoms with Gasteiger partial charge >= 0.3 is 11.9 Å². The second kappa shape index (κ2) is 6.64. The van der Waals surface area contributed by atoms with Crippen molar-refractivity contribution in [2.75, 3.05) is 21.3 Å². The Bertz CT molecular complexity index is 571. The van der Waals surface area contributed by atoms with E-state index < -0.39 is 41.4 Å². The van der Waals surface area contributed by atoms with Crippen LogP contribution in [-0.4, -0.2) is 50.9 Å². The zero-order chi connectivity index (χ0) is 17.2. The molecule has 2 aliphatic rings. The Morgan fingerprint density at radius 1 is 1.22 bits per heavy atom. The molecule has 0 aromatic heterocycles. The van der Waals surface area contributed by atoms with Gasteiger partial charge in [0.15, 0.2) is 0 Å². The van der Waals surface area contributed by atoms with Gasteiger partial charge in [-0.05, 0) is 18.6 Å². The van der Waals surface area contributed by atoms with Crippen LogP contribution in [0.2, 0.25) is 0 Å². The molecule has 0 unspecified atom stereocenters. The van der Waals surface area contributed by atoms with Crippen LogP contribution in [0.25, 0.3) is 0 Å². The van der Waals surface area contributed by atoms with Crippen LogP contribution in [0, 0.1) is 11.8 Å². The van der Waals surface area contributed by atoms with Gasteiger partial charge in [0.1, 0.15) is 6.10 Å². The molecule has 126 valence electrons. The summed E-state index contributed by atoms with van der Waals surface area (Å²) in [5.74, 6) is -4.22. The molecule has 0 aromatic carbocycles. The molecule has 0 N–H and O–H groups in total. The van der Waals surface area contributed by atoms with Crippen molar-refractivity contribution in [3.63, 3.8) is 0 Å². The first-order valence-corrected chi connectivity index (χ1v) is 7.19. The van der Waals surface area contributed by atoms with Crippen molar-refractivity contribution in [1.82, 2.24) is 0 Å². The average Bonchev–Trinajstić information content (AvgIpc) is 2.53. The minimum absolute atomic E-state index is 0.155. The lowest BCUT2D eigenvalue weighted by atomic mass is 9.67. The van der Waals surface area contributed by atoms with Gasteiger partial charge in [-0.1, -0.05) is 6.08 Å². The number of ketones is 1. The van der Waals surface area contributed by atoms with Crippen molar-refractivity contribution < 1.29 is 33.3 Å². The van der Waals surface area contributed by atoms with E-state index in [2.05, 4.69) is 0 Å². The smallest absolute Gasteiger partial charge is 0.334 e. The molecule has 0 aromatic rings. The van der Waals surface area contributed by atoms with Gasteiger partial charge in [0.05, 0.1) is 7.11 Å². The summed E-state index contributed by atoms with van der Waals surface area (Å²) in [4.78, 5) is 36.0. The Kier molecular flexibility index (Phi) is 5.01. The van der Waals surface area contributed by atoms with Crippen LogP contribution in [0.3, 0.4) is 0 Å². The summed E-state index contributed by atoms with van der Waals surface area (Å²) in [6, 6.07) is 0. The van der Waals surface area contributed by atoms with Crippen molar-refractivity contribution >= 4 is 17.7 Å². The van der Waals surface area contributed by atoms with E-state index in [9.17, 15) is 14.4 Å². The van der Waals surface area contributed by atoms with Crippen LogP contribution in [0.4, 0.5) is 0 Å². The van der Waals surface area contributed by atoms with Gasteiger partial charge in [-0.15, -0.1) is 0 Å². The summed E-state index contributed by atoms with van der Waals surface area (Å²) in [5.41, 5.74) is 0.155. The van der Waals surface area contributed by atoms with E-state index in [-0.39, 0.29) is 5.57 Å². The molecule has 2 aliphatic carbocycles. The van der Waals surface area contributed by atoms with Crippen molar-refractivity contribution in [2.24, 2.45) is 11.8 Å². The molecule has 3 atom stereocenters. The van der Waals surface area contributed by atoms with E-state index in [0.29, 0.717) is 6.42 Å². The Morgan fingerprint density at radius 3 is 2.39 bits per heavy atom. The normalized spacial score (nSPS) is 28.6. The molecule has 0 saturated heterocycles. The molecule has 0 saturated carbocycles. The number of fused-ring (bicyclic) bond motifs is 1. The third kappa shape index (κ3) is 2.82. The summed E-state index contributed by atoms with van der Waals surface area (Å²) in [6.07, 6.45) is 4.38. The van der Waals surface area contributed by atoms with Gasteiger partial charge < -0.3 is 18.9 Å². The van der Waals surface area contributed by atoms with Crippen molar-refractivity contribution in [3.05, 3.63) is 23.8 Å². The summed E-state index contributed by atoms with van der Waals surface area (Å²) >= 11 is 0. The molecular formula is C16H20O7. The number of ether oxygens (including phenoxy) is 4. The molecule has 7 heteroatoms. The van der Waals surface area contributed by atoms with Gasteiger partial charge in [0, 0.05) is 38.6 Å². The summed E-state index contributed by atoms with van der Waals surface area (Å²) in [7, 11) is 3.97. The maximum atomic E-state index is 12.5. The third-order valence-electron chi connectivity index (χ3n) is 4.31. The number of hydrogen-bond donors (Lipinski definition) is 0. The first-order valence-electron chi connectivity index (χ1n) is 7.19. The van der Waals surface area contributed by atoms with Gasteiger partial charge in [-0.2, -0.15) is 0 Å². The lowest BCUT2D eigenvalue weighted by molar-refractivity contribution is -0.240. The van der Waals surface area contributed by atoms with Gasteiger partial charge in [0.2, 0.25) is 11.6 Å². The number of esters is 2. The molecule has 0 heterocycles. The molecule has 0 amide bonds. The molecule has 2 rings (SSSR count). The predicted molar refractivity (Wildman–Crippen MR) is 78.1 cm³/mol.